The Morgan fingerprint density at radius 3 is 2.57 bits per heavy atom. The number of halogens is 3. The van der Waals surface area contributed by atoms with Gasteiger partial charge < -0.3 is 10.1 Å². The zero-order valence-corrected chi connectivity index (χ0v) is 17.1. The molecule has 11 heteroatoms. The van der Waals surface area contributed by atoms with E-state index in [1.165, 1.54) is 19.2 Å². The van der Waals surface area contributed by atoms with Gasteiger partial charge in [-0.3, -0.25) is 9.69 Å². The number of carbonyl (C=O) groups is 1. The molecular formula is C19H25F3N6O2. The molecule has 30 heavy (non-hydrogen) atoms. The van der Waals surface area contributed by atoms with Crippen LogP contribution in [0.25, 0.3) is 5.82 Å². The molecule has 3 heterocycles. The first kappa shape index (κ1) is 22.0. The van der Waals surface area contributed by atoms with Gasteiger partial charge in [0.25, 0.3) is 5.91 Å². The Morgan fingerprint density at radius 2 is 2.00 bits per heavy atom. The molecule has 164 valence electrons. The minimum atomic E-state index is -4.81. The van der Waals surface area contributed by atoms with E-state index in [0.717, 1.165) is 32.1 Å². The van der Waals surface area contributed by atoms with E-state index in [-0.39, 0.29) is 24.3 Å². The molecule has 0 aromatic carbocycles. The fourth-order valence-electron chi connectivity index (χ4n) is 3.43. The lowest BCUT2D eigenvalue weighted by atomic mass is 9.98. The number of carbonyl (C=O) groups excluding carboxylic acids is 1. The van der Waals surface area contributed by atoms with Crippen LogP contribution in [0.2, 0.25) is 0 Å². The number of hydrogen-bond donors (Lipinski definition) is 1. The number of hydrogen-bond acceptors (Lipinski definition) is 6. The smallest absolute Gasteiger partial charge is 0.434 e. The first-order valence-electron chi connectivity index (χ1n) is 9.76. The summed E-state index contributed by atoms with van der Waals surface area (Å²) in [4.78, 5) is 14.8. The van der Waals surface area contributed by atoms with Gasteiger partial charge in [0.15, 0.2) is 11.5 Å². The van der Waals surface area contributed by atoms with Crippen LogP contribution in [0.3, 0.4) is 0 Å². The largest absolute Gasteiger partial charge is 0.480 e. The van der Waals surface area contributed by atoms with Crippen LogP contribution in [-0.4, -0.2) is 63.6 Å². The number of nitrogens with one attached hydrogen (secondary N) is 1. The summed E-state index contributed by atoms with van der Waals surface area (Å²) in [5.74, 6) is -0.173. The molecule has 0 aliphatic carbocycles. The second-order valence-electron chi connectivity index (χ2n) is 7.53. The topological polar surface area (TPSA) is 85.2 Å². The molecule has 0 saturated carbocycles. The Bertz CT molecular complexity index is 860. The highest BCUT2D eigenvalue weighted by molar-refractivity contribution is 5.95. The third-order valence-electron chi connectivity index (χ3n) is 5.33. The monoisotopic (exact) mass is 426 g/mol. The van der Waals surface area contributed by atoms with Crippen LogP contribution in [0.4, 0.5) is 13.2 Å². The second kappa shape index (κ2) is 8.99. The van der Waals surface area contributed by atoms with Crippen molar-refractivity contribution in [3.8, 4) is 11.7 Å². The van der Waals surface area contributed by atoms with Gasteiger partial charge >= 0.3 is 6.18 Å². The minimum Gasteiger partial charge on any atom is -0.480 e. The summed E-state index contributed by atoms with van der Waals surface area (Å²) in [6.45, 7) is 6.24. The van der Waals surface area contributed by atoms with E-state index in [1.807, 2.05) is 6.92 Å². The van der Waals surface area contributed by atoms with Gasteiger partial charge in [0.2, 0.25) is 5.88 Å². The molecule has 1 atom stereocenters. The number of ether oxygens (including phenoxy) is 1. The van der Waals surface area contributed by atoms with Gasteiger partial charge in [-0.15, -0.1) is 10.2 Å². The quantitative estimate of drug-likeness (QED) is 0.764. The van der Waals surface area contributed by atoms with Gasteiger partial charge in [0, 0.05) is 18.7 Å². The molecule has 2 aromatic heterocycles. The van der Waals surface area contributed by atoms with E-state index in [1.54, 1.807) is 0 Å². The third-order valence-corrected chi connectivity index (χ3v) is 5.33. The van der Waals surface area contributed by atoms with Gasteiger partial charge in [-0.25, -0.2) is 4.68 Å². The van der Waals surface area contributed by atoms with Crippen molar-refractivity contribution < 1.29 is 22.7 Å². The molecule has 0 bridgehead atoms. The van der Waals surface area contributed by atoms with E-state index in [0.29, 0.717) is 10.6 Å². The fraction of sp³-hybridized carbons (Fsp3) is 0.579. The maximum absolute atomic E-state index is 13.7. The van der Waals surface area contributed by atoms with Crippen LogP contribution in [0.1, 0.15) is 42.7 Å². The van der Waals surface area contributed by atoms with E-state index < -0.39 is 23.3 Å². The fourth-order valence-corrected chi connectivity index (χ4v) is 3.43. The summed E-state index contributed by atoms with van der Waals surface area (Å²) in [7, 11) is 1.37. The lowest BCUT2D eigenvalue weighted by Crippen LogP contribution is -2.45. The van der Waals surface area contributed by atoms with Crippen LogP contribution in [-0.2, 0) is 6.18 Å². The predicted molar refractivity (Wildman–Crippen MR) is 102 cm³/mol. The number of piperidine rings is 1. The maximum Gasteiger partial charge on any atom is 0.434 e. The second-order valence-corrected chi connectivity index (χ2v) is 7.53. The van der Waals surface area contributed by atoms with Crippen molar-refractivity contribution >= 4 is 5.91 Å². The van der Waals surface area contributed by atoms with Crippen molar-refractivity contribution in [1.82, 2.24) is 30.2 Å². The minimum absolute atomic E-state index is 0.0262. The highest BCUT2D eigenvalue weighted by atomic mass is 19.4. The molecule has 3 rings (SSSR count). The molecular weight excluding hydrogens is 401 g/mol. The number of methoxy groups -OCH3 is 1. The average Bonchev–Trinajstić information content (AvgIpc) is 3.18. The molecule has 1 N–H and O–H groups in total. The van der Waals surface area contributed by atoms with Gasteiger partial charge in [-0.05, 0) is 44.8 Å². The SMILES string of the molecule is COc1ccc(-n2ncc(C(=O)NCC(C)N3CCC(C)CC3)c2C(F)(F)F)nn1. The summed E-state index contributed by atoms with van der Waals surface area (Å²) in [6.07, 6.45) is -1.75. The van der Waals surface area contributed by atoms with Gasteiger partial charge in [-0.1, -0.05) is 6.92 Å². The van der Waals surface area contributed by atoms with Gasteiger partial charge in [-0.2, -0.15) is 18.3 Å². The number of likely N-dealkylation sites (tertiary alicyclic amines) is 1. The average molecular weight is 426 g/mol. The van der Waals surface area contributed by atoms with Gasteiger partial charge in [0.1, 0.15) is 0 Å². The molecule has 0 radical (unpaired) electrons. The number of alkyl halides is 3. The molecule has 8 nitrogen and oxygen atoms in total. The van der Waals surface area contributed by atoms with E-state index in [4.69, 9.17) is 4.74 Å². The first-order valence-corrected chi connectivity index (χ1v) is 9.76. The predicted octanol–water partition coefficient (Wildman–Crippen LogP) is 2.54. The molecule has 1 fully saturated rings. The first-order chi connectivity index (χ1) is 14.2. The maximum atomic E-state index is 13.7. The summed E-state index contributed by atoms with van der Waals surface area (Å²) < 4.78 is 46.6. The van der Waals surface area contributed by atoms with E-state index >= 15 is 0 Å². The Kier molecular flexibility index (Phi) is 6.59. The van der Waals surface area contributed by atoms with Crippen LogP contribution >= 0.6 is 0 Å². The van der Waals surface area contributed by atoms with Gasteiger partial charge in [0.05, 0.1) is 18.9 Å². The number of nitrogens with zero attached hydrogens (tertiary/aromatic N) is 5. The molecule has 2 aromatic rings. The third kappa shape index (κ3) is 4.89. The van der Waals surface area contributed by atoms with Crippen LogP contribution in [0, 0.1) is 5.92 Å². The molecule has 1 unspecified atom stereocenters. The van der Waals surface area contributed by atoms with Crippen LogP contribution in [0.15, 0.2) is 18.3 Å². The van der Waals surface area contributed by atoms with Crippen LogP contribution in [0.5, 0.6) is 5.88 Å². The molecule has 1 aliphatic heterocycles. The van der Waals surface area contributed by atoms with E-state index in [2.05, 4.69) is 32.4 Å². The van der Waals surface area contributed by atoms with Crippen LogP contribution < -0.4 is 10.1 Å². The highest BCUT2D eigenvalue weighted by Crippen LogP contribution is 2.33. The summed E-state index contributed by atoms with van der Waals surface area (Å²) in [5.41, 5.74) is -1.75. The lowest BCUT2D eigenvalue weighted by Gasteiger charge is -2.35. The standard InChI is InChI=1S/C19H25F3N6O2/c1-12-6-8-27(9-7-12)13(2)10-23-18(29)14-11-24-28(17(14)19(20,21)22)15-4-5-16(30-3)26-25-15/h4-5,11-13H,6-10H2,1-3H3,(H,23,29). The van der Waals surface area contributed by atoms with Crippen molar-refractivity contribution in [1.29, 1.82) is 0 Å². The molecule has 0 spiro atoms. The van der Waals surface area contributed by atoms with Crippen molar-refractivity contribution in [2.75, 3.05) is 26.7 Å². The Hall–Kier alpha value is -2.69. The lowest BCUT2D eigenvalue weighted by molar-refractivity contribution is -0.143. The summed E-state index contributed by atoms with van der Waals surface area (Å²) in [5, 5.41) is 13.7. The summed E-state index contributed by atoms with van der Waals surface area (Å²) >= 11 is 0. The molecule has 1 saturated heterocycles. The Balaban J connectivity index is 1.76. The summed E-state index contributed by atoms with van der Waals surface area (Å²) in [6, 6.07) is 2.68. The highest BCUT2D eigenvalue weighted by Gasteiger charge is 2.41. The van der Waals surface area contributed by atoms with Crippen molar-refractivity contribution in [3.63, 3.8) is 0 Å². The molecule has 1 aliphatic rings. The zero-order valence-electron chi connectivity index (χ0n) is 17.1. The van der Waals surface area contributed by atoms with Crippen molar-refractivity contribution in [2.24, 2.45) is 5.92 Å². The Morgan fingerprint density at radius 1 is 1.30 bits per heavy atom. The molecule has 1 amide bonds. The Labute approximate surface area is 172 Å². The van der Waals surface area contributed by atoms with E-state index in [9.17, 15) is 18.0 Å². The normalized spacial score (nSPS) is 17.0. The number of rotatable bonds is 6. The zero-order chi connectivity index (χ0) is 21.9. The van der Waals surface area contributed by atoms with Crippen molar-refractivity contribution in [3.05, 3.63) is 29.6 Å². The van der Waals surface area contributed by atoms with Crippen molar-refractivity contribution in [2.45, 2.75) is 38.9 Å². The number of aromatic nitrogens is 4. The number of amides is 1.